The minimum Gasteiger partial charge on any atom is -0.294 e. The second kappa shape index (κ2) is 3.93. The summed E-state index contributed by atoms with van der Waals surface area (Å²) in [4.78, 5) is 23.1. The van der Waals surface area contributed by atoms with E-state index < -0.39 is 38.7 Å². The standard InChI is InChI=1S/C8H14N4O4S/c9-11-7(13)4-3-1-2-17(15,16)6(3)5(4)8(14)12-10/h3-6H,1-2,9-10H2,(H,11,13)(H,12,14)/t3-,4-,5-,6-/m1/s1. The SMILES string of the molecule is NNC(=O)[C@@H]1[C@H]2CCS(=O)(=O)[C@H]2[C@@H]1C(=O)NN. The number of carbonyl (C=O) groups excluding carboxylic acids is 2. The molecule has 6 N–H and O–H groups in total. The Hall–Kier alpha value is -1.19. The van der Waals surface area contributed by atoms with Crippen LogP contribution in [0.5, 0.6) is 0 Å². The zero-order chi connectivity index (χ0) is 12.8. The Kier molecular flexibility index (Phi) is 2.84. The lowest BCUT2D eigenvalue weighted by atomic mass is 9.62. The van der Waals surface area contributed by atoms with Crippen LogP contribution in [-0.2, 0) is 19.4 Å². The van der Waals surface area contributed by atoms with Gasteiger partial charge in [-0.15, -0.1) is 0 Å². The van der Waals surface area contributed by atoms with Gasteiger partial charge in [-0.1, -0.05) is 0 Å². The van der Waals surface area contributed by atoms with Gasteiger partial charge in [-0.3, -0.25) is 20.4 Å². The van der Waals surface area contributed by atoms with Crippen LogP contribution in [-0.4, -0.2) is 31.2 Å². The first-order valence-electron chi connectivity index (χ1n) is 5.16. The molecule has 2 rings (SSSR count). The molecule has 2 amide bonds. The number of fused-ring (bicyclic) bond motifs is 1. The van der Waals surface area contributed by atoms with Crippen molar-refractivity contribution in [2.45, 2.75) is 11.7 Å². The molecular formula is C8H14N4O4S. The number of sulfone groups is 1. The van der Waals surface area contributed by atoms with Gasteiger partial charge in [-0.05, 0) is 12.3 Å². The maximum Gasteiger partial charge on any atom is 0.239 e. The molecule has 0 radical (unpaired) electrons. The molecule has 1 aliphatic heterocycles. The summed E-state index contributed by atoms with van der Waals surface area (Å²) in [6, 6.07) is 0. The third kappa shape index (κ3) is 1.61. The average molecular weight is 262 g/mol. The van der Waals surface area contributed by atoms with E-state index in [2.05, 4.69) is 0 Å². The van der Waals surface area contributed by atoms with Crippen molar-refractivity contribution in [2.75, 3.05) is 5.75 Å². The van der Waals surface area contributed by atoms with Crippen LogP contribution in [0.3, 0.4) is 0 Å². The molecule has 96 valence electrons. The van der Waals surface area contributed by atoms with Crippen LogP contribution >= 0.6 is 0 Å². The molecule has 1 saturated carbocycles. The number of rotatable bonds is 2. The third-order valence-corrected chi connectivity index (χ3v) is 5.94. The van der Waals surface area contributed by atoms with E-state index in [4.69, 9.17) is 11.7 Å². The van der Waals surface area contributed by atoms with E-state index in [0.717, 1.165) is 0 Å². The largest absolute Gasteiger partial charge is 0.294 e. The lowest BCUT2D eigenvalue weighted by molar-refractivity contribution is -0.144. The van der Waals surface area contributed by atoms with Gasteiger partial charge in [0.1, 0.15) is 0 Å². The highest BCUT2D eigenvalue weighted by Gasteiger charge is 2.64. The Morgan fingerprint density at radius 1 is 1.06 bits per heavy atom. The molecule has 0 aromatic heterocycles. The van der Waals surface area contributed by atoms with Crippen LogP contribution < -0.4 is 22.5 Å². The quantitative estimate of drug-likeness (QED) is 0.237. The molecule has 0 spiro atoms. The fourth-order valence-electron chi connectivity index (χ4n) is 2.93. The van der Waals surface area contributed by atoms with Gasteiger partial charge in [-0.25, -0.2) is 20.1 Å². The second-order valence-corrected chi connectivity index (χ2v) is 6.63. The lowest BCUT2D eigenvalue weighted by Gasteiger charge is -2.44. The normalized spacial score (nSPS) is 37.8. The summed E-state index contributed by atoms with van der Waals surface area (Å²) in [5.41, 5.74) is 3.86. The van der Waals surface area contributed by atoms with Crippen molar-refractivity contribution in [2.24, 2.45) is 29.4 Å². The average Bonchev–Trinajstić information content (AvgIpc) is 2.50. The van der Waals surface area contributed by atoms with E-state index in [1.165, 1.54) is 0 Å². The third-order valence-electron chi connectivity index (χ3n) is 3.66. The lowest BCUT2D eigenvalue weighted by Crippen LogP contribution is -2.63. The van der Waals surface area contributed by atoms with Crippen molar-refractivity contribution in [1.82, 2.24) is 10.9 Å². The van der Waals surface area contributed by atoms with Gasteiger partial charge >= 0.3 is 0 Å². The summed E-state index contributed by atoms with van der Waals surface area (Å²) in [6.45, 7) is 0. The van der Waals surface area contributed by atoms with Gasteiger partial charge in [0.15, 0.2) is 9.84 Å². The summed E-state index contributed by atoms with van der Waals surface area (Å²) in [7, 11) is -3.30. The smallest absolute Gasteiger partial charge is 0.239 e. The summed E-state index contributed by atoms with van der Waals surface area (Å²) in [5.74, 6) is 6.92. The summed E-state index contributed by atoms with van der Waals surface area (Å²) < 4.78 is 23.5. The summed E-state index contributed by atoms with van der Waals surface area (Å²) in [5, 5.41) is -0.798. The van der Waals surface area contributed by atoms with E-state index in [1.807, 2.05) is 10.9 Å². The van der Waals surface area contributed by atoms with Gasteiger partial charge in [-0.2, -0.15) is 0 Å². The van der Waals surface area contributed by atoms with Crippen LogP contribution in [0.4, 0.5) is 0 Å². The first kappa shape index (κ1) is 12.3. The molecule has 8 nitrogen and oxygen atoms in total. The highest BCUT2D eigenvalue weighted by atomic mass is 32.2. The van der Waals surface area contributed by atoms with Gasteiger partial charge in [0.2, 0.25) is 11.8 Å². The Bertz CT molecular complexity index is 462. The molecule has 4 atom stereocenters. The zero-order valence-corrected chi connectivity index (χ0v) is 9.74. The van der Waals surface area contributed by atoms with Gasteiger partial charge in [0.25, 0.3) is 0 Å². The molecule has 1 saturated heterocycles. The molecule has 2 fully saturated rings. The van der Waals surface area contributed by atoms with Gasteiger partial charge in [0.05, 0.1) is 22.8 Å². The maximum absolute atomic E-state index is 11.7. The van der Waals surface area contributed by atoms with Gasteiger partial charge < -0.3 is 0 Å². The van der Waals surface area contributed by atoms with Crippen molar-refractivity contribution >= 4 is 21.7 Å². The number of hydrazine groups is 2. The molecule has 0 unspecified atom stereocenters. The minimum atomic E-state index is -3.30. The zero-order valence-electron chi connectivity index (χ0n) is 8.92. The van der Waals surface area contributed by atoms with Crippen molar-refractivity contribution in [3.63, 3.8) is 0 Å². The van der Waals surface area contributed by atoms with Crippen molar-refractivity contribution in [3.8, 4) is 0 Å². The summed E-state index contributed by atoms with van der Waals surface area (Å²) in [6.07, 6.45) is 0.388. The van der Waals surface area contributed by atoms with Crippen LogP contribution in [0.1, 0.15) is 6.42 Å². The molecule has 17 heavy (non-hydrogen) atoms. The molecule has 0 bridgehead atoms. The number of hydrogen-bond donors (Lipinski definition) is 4. The monoisotopic (exact) mass is 262 g/mol. The number of amides is 2. The Morgan fingerprint density at radius 3 is 2.12 bits per heavy atom. The highest BCUT2D eigenvalue weighted by Crippen LogP contribution is 2.51. The first-order chi connectivity index (χ1) is 7.94. The fraction of sp³-hybridized carbons (Fsp3) is 0.750. The van der Waals surface area contributed by atoms with E-state index in [1.54, 1.807) is 0 Å². The molecule has 0 aromatic carbocycles. The fourth-order valence-corrected chi connectivity index (χ4v) is 5.38. The van der Waals surface area contributed by atoms with Crippen LogP contribution in [0, 0.1) is 17.8 Å². The van der Waals surface area contributed by atoms with Crippen molar-refractivity contribution < 1.29 is 18.0 Å². The predicted molar refractivity (Wildman–Crippen MR) is 57.3 cm³/mol. The van der Waals surface area contributed by atoms with Crippen LogP contribution in [0.15, 0.2) is 0 Å². The van der Waals surface area contributed by atoms with Gasteiger partial charge in [0, 0.05) is 0 Å². The van der Waals surface area contributed by atoms with E-state index in [-0.39, 0.29) is 11.7 Å². The molecule has 0 aromatic rings. The first-order valence-corrected chi connectivity index (χ1v) is 6.88. The molecule has 1 aliphatic carbocycles. The topological polar surface area (TPSA) is 144 Å². The Labute approximate surface area is 98.0 Å². The number of hydrogen-bond acceptors (Lipinski definition) is 6. The van der Waals surface area contributed by atoms with Crippen LogP contribution in [0.25, 0.3) is 0 Å². The number of carbonyl (C=O) groups is 2. The van der Waals surface area contributed by atoms with E-state index in [0.29, 0.717) is 6.42 Å². The molecular weight excluding hydrogens is 248 g/mol. The maximum atomic E-state index is 11.7. The second-order valence-electron chi connectivity index (χ2n) is 4.35. The highest BCUT2D eigenvalue weighted by molar-refractivity contribution is 7.92. The minimum absolute atomic E-state index is 0.00500. The molecule has 9 heteroatoms. The van der Waals surface area contributed by atoms with E-state index in [9.17, 15) is 18.0 Å². The summed E-state index contributed by atoms with van der Waals surface area (Å²) >= 11 is 0. The predicted octanol–water partition coefficient (Wildman–Crippen LogP) is -2.98. The van der Waals surface area contributed by atoms with Crippen LogP contribution in [0.2, 0.25) is 0 Å². The number of nitrogens with two attached hydrogens (primary N) is 2. The number of nitrogens with one attached hydrogen (secondary N) is 2. The van der Waals surface area contributed by atoms with Crippen molar-refractivity contribution in [3.05, 3.63) is 0 Å². The molecule has 1 heterocycles. The molecule has 2 aliphatic rings. The van der Waals surface area contributed by atoms with E-state index >= 15 is 0 Å². The van der Waals surface area contributed by atoms with Crippen molar-refractivity contribution in [1.29, 1.82) is 0 Å². The Morgan fingerprint density at radius 2 is 1.59 bits per heavy atom. The Balaban J connectivity index is 2.31.